The molecule has 0 bridgehead atoms. The quantitative estimate of drug-likeness (QED) is 0.582. The Morgan fingerprint density at radius 1 is 1.25 bits per heavy atom. The van der Waals surface area contributed by atoms with E-state index < -0.39 is 4.92 Å². The maximum atomic E-state index is 12.5. The molecule has 0 saturated carbocycles. The van der Waals surface area contributed by atoms with Crippen molar-refractivity contribution >= 4 is 17.3 Å². The Balaban J connectivity index is 1.64. The number of nitrogens with zero attached hydrogens (tertiary/aromatic N) is 2. The molecule has 0 radical (unpaired) electrons. The zero-order chi connectivity index (χ0) is 20.1. The molecule has 0 saturated heterocycles. The van der Waals surface area contributed by atoms with Crippen molar-refractivity contribution in [1.29, 1.82) is 0 Å². The van der Waals surface area contributed by atoms with E-state index in [9.17, 15) is 14.9 Å². The molecule has 1 heterocycles. The van der Waals surface area contributed by atoms with Gasteiger partial charge in [-0.25, -0.2) is 0 Å². The van der Waals surface area contributed by atoms with E-state index in [0.717, 1.165) is 24.3 Å². The number of hydrogen-bond donors (Lipinski definition) is 1. The van der Waals surface area contributed by atoms with Gasteiger partial charge in [-0.05, 0) is 42.7 Å². The second-order valence-electron chi connectivity index (χ2n) is 6.51. The van der Waals surface area contributed by atoms with E-state index in [2.05, 4.69) is 16.3 Å². The maximum Gasteiger partial charge on any atom is 0.273 e. The molecule has 0 atom stereocenters. The van der Waals surface area contributed by atoms with Gasteiger partial charge in [0.25, 0.3) is 5.69 Å². The zero-order valence-corrected chi connectivity index (χ0v) is 15.9. The van der Waals surface area contributed by atoms with Gasteiger partial charge in [-0.1, -0.05) is 6.07 Å². The van der Waals surface area contributed by atoms with Gasteiger partial charge >= 0.3 is 0 Å². The van der Waals surface area contributed by atoms with Gasteiger partial charge in [-0.2, -0.15) is 0 Å². The van der Waals surface area contributed by atoms with Crippen molar-refractivity contribution in [1.82, 2.24) is 4.90 Å². The molecule has 1 N–H and O–H groups in total. The van der Waals surface area contributed by atoms with Crippen LogP contribution in [0.2, 0.25) is 0 Å². The molecule has 2 aromatic carbocycles. The molecule has 28 heavy (non-hydrogen) atoms. The highest BCUT2D eigenvalue weighted by Crippen LogP contribution is 2.29. The molecule has 3 rings (SSSR count). The number of methoxy groups -OCH3 is 1. The average Bonchev–Trinajstić information content (AvgIpc) is 2.68. The number of nitro benzene ring substituents is 1. The fourth-order valence-corrected chi connectivity index (χ4v) is 3.27. The van der Waals surface area contributed by atoms with Gasteiger partial charge in [0.05, 0.1) is 36.9 Å². The number of benzene rings is 2. The smallest absolute Gasteiger partial charge is 0.273 e. The second kappa shape index (κ2) is 8.71. The Morgan fingerprint density at radius 3 is 2.79 bits per heavy atom. The first-order chi connectivity index (χ1) is 13.5. The topological polar surface area (TPSA) is 93.9 Å². The number of non-ortho nitro benzene ring substituents is 1. The molecule has 1 aliphatic heterocycles. The number of ether oxygens (including phenoxy) is 2. The van der Waals surface area contributed by atoms with Crippen LogP contribution >= 0.6 is 0 Å². The Hall–Kier alpha value is -3.13. The third-order valence-corrected chi connectivity index (χ3v) is 4.62. The Bertz CT molecular complexity index is 884. The molecule has 0 unspecified atom stereocenters. The fraction of sp³-hybridized carbons (Fsp3) is 0.350. The van der Waals surface area contributed by atoms with Crippen LogP contribution in [0.25, 0.3) is 0 Å². The summed E-state index contributed by atoms with van der Waals surface area (Å²) in [6.07, 6.45) is 0.871. The van der Waals surface area contributed by atoms with E-state index in [1.54, 1.807) is 0 Å². The highest BCUT2D eigenvalue weighted by molar-refractivity contribution is 5.94. The van der Waals surface area contributed by atoms with Crippen LogP contribution in [-0.2, 0) is 17.8 Å². The lowest BCUT2D eigenvalue weighted by Crippen LogP contribution is -2.37. The van der Waals surface area contributed by atoms with E-state index in [4.69, 9.17) is 9.47 Å². The number of fused-ring (bicyclic) bond motifs is 1. The number of rotatable bonds is 7. The van der Waals surface area contributed by atoms with Crippen molar-refractivity contribution in [2.45, 2.75) is 19.9 Å². The van der Waals surface area contributed by atoms with Crippen molar-refractivity contribution < 1.29 is 19.2 Å². The monoisotopic (exact) mass is 385 g/mol. The molecular weight excluding hydrogens is 362 g/mol. The van der Waals surface area contributed by atoms with Gasteiger partial charge in [0.1, 0.15) is 11.5 Å². The predicted octanol–water partition coefficient (Wildman–Crippen LogP) is 3.00. The van der Waals surface area contributed by atoms with Crippen LogP contribution in [0.15, 0.2) is 36.4 Å². The molecule has 1 amide bonds. The van der Waals surface area contributed by atoms with Gasteiger partial charge < -0.3 is 14.8 Å². The molecule has 8 nitrogen and oxygen atoms in total. The van der Waals surface area contributed by atoms with E-state index in [1.165, 1.54) is 30.9 Å². The lowest BCUT2D eigenvalue weighted by atomic mass is 9.99. The number of nitro groups is 1. The minimum atomic E-state index is -0.504. The largest absolute Gasteiger partial charge is 0.494 e. The van der Waals surface area contributed by atoms with E-state index in [-0.39, 0.29) is 23.9 Å². The standard InChI is InChI=1S/C20H23N3O5/c1-3-28-17-6-4-14-8-9-22(12-15(14)10-17)13-20(24)21-18-7-5-16(23(25)26)11-19(18)27-2/h4-7,10-11H,3,8-9,12-13H2,1-2H3,(H,21,24). The number of amides is 1. The third-order valence-electron chi connectivity index (χ3n) is 4.62. The maximum absolute atomic E-state index is 12.5. The number of nitrogens with one attached hydrogen (secondary N) is 1. The van der Waals surface area contributed by atoms with Crippen LogP contribution < -0.4 is 14.8 Å². The van der Waals surface area contributed by atoms with Crippen LogP contribution in [0.1, 0.15) is 18.1 Å². The van der Waals surface area contributed by atoms with Gasteiger partial charge in [0.2, 0.25) is 5.91 Å². The average molecular weight is 385 g/mol. The SMILES string of the molecule is CCOc1ccc2c(c1)CN(CC(=O)Nc1ccc([N+](=O)[O-])cc1OC)CC2. The normalized spacial score (nSPS) is 13.5. The molecule has 8 heteroatoms. The Labute approximate surface area is 163 Å². The van der Waals surface area contributed by atoms with E-state index in [1.807, 2.05) is 19.1 Å². The fourth-order valence-electron chi connectivity index (χ4n) is 3.27. The molecule has 148 valence electrons. The first kappa shape index (κ1) is 19.6. The molecular formula is C20H23N3O5. The number of hydrogen-bond acceptors (Lipinski definition) is 6. The van der Waals surface area contributed by atoms with Crippen LogP contribution in [0.3, 0.4) is 0 Å². The number of carbonyl (C=O) groups is 1. The van der Waals surface area contributed by atoms with Crippen LogP contribution in [0, 0.1) is 10.1 Å². The molecule has 0 aromatic heterocycles. The highest BCUT2D eigenvalue weighted by Gasteiger charge is 2.20. The van der Waals surface area contributed by atoms with Gasteiger partial charge in [-0.3, -0.25) is 19.8 Å². The number of anilines is 1. The molecule has 1 aliphatic rings. The summed E-state index contributed by atoms with van der Waals surface area (Å²) in [5.41, 5.74) is 2.76. The first-order valence-corrected chi connectivity index (χ1v) is 9.09. The lowest BCUT2D eigenvalue weighted by Gasteiger charge is -2.28. The summed E-state index contributed by atoms with van der Waals surface area (Å²) in [7, 11) is 1.41. The van der Waals surface area contributed by atoms with Crippen molar-refractivity contribution in [3.05, 3.63) is 57.6 Å². The summed E-state index contributed by atoms with van der Waals surface area (Å²) in [4.78, 5) is 24.9. The summed E-state index contributed by atoms with van der Waals surface area (Å²) in [6, 6.07) is 10.2. The van der Waals surface area contributed by atoms with Gasteiger partial charge in [0.15, 0.2) is 0 Å². The summed E-state index contributed by atoms with van der Waals surface area (Å²) in [5.74, 6) is 0.896. The van der Waals surface area contributed by atoms with Crippen LogP contribution in [0.5, 0.6) is 11.5 Å². The zero-order valence-electron chi connectivity index (χ0n) is 15.9. The second-order valence-corrected chi connectivity index (χ2v) is 6.51. The molecule has 0 spiro atoms. The summed E-state index contributed by atoms with van der Waals surface area (Å²) < 4.78 is 10.7. The van der Waals surface area contributed by atoms with Crippen molar-refractivity contribution in [2.75, 3.05) is 32.1 Å². The van der Waals surface area contributed by atoms with Gasteiger partial charge in [-0.15, -0.1) is 0 Å². The first-order valence-electron chi connectivity index (χ1n) is 9.09. The summed E-state index contributed by atoms with van der Waals surface area (Å²) in [5, 5.41) is 13.7. The van der Waals surface area contributed by atoms with Crippen molar-refractivity contribution in [2.24, 2.45) is 0 Å². The van der Waals surface area contributed by atoms with Crippen molar-refractivity contribution in [3.63, 3.8) is 0 Å². The van der Waals surface area contributed by atoms with E-state index in [0.29, 0.717) is 18.8 Å². The summed E-state index contributed by atoms with van der Waals surface area (Å²) >= 11 is 0. The minimum absolute atomic E-state index is 0.0902. The molecule has 0 aliphatic carbocycles. The third kappa shape index (κ3) is 4.58. The highest BCUT2D eigenvalue weighted by atomic mass is 16.6. The molecule has 0 fully saturated rings. The minimum Gasteiger partial charge on any atom is -0.494 e. The Kier molecular flexibility index (Phi) is 6.10. The van der Waals surface area contributed by atoms with Crippen molar-refractivity contribution in [3.8, 4) is 11.5 Å². The Morgan fingerprint density at radius 2 is 2.07 bits per heavy atom. The van der Waals surface area contributed by atoms with Gasteiger partial charge in [0, 0.05) is 19.2 Å². The van der Waals surface area contributed by atoms with Crippen LogP contribution in [-0.4, -0.2) is 42.5 Å². The van der Waals surface area contributed by atoms with Crippen LogP contribution in [0.4, 0.5) is 11.4 Å². The van der Waals surface area contributed by atoms with E-state index >= 15 is 0 Å². The predicted molar refractivity (Wildman–Crippen MR) is 105 cm³/mol. The number of carbonyl (C=O) groups excluding carboxylic acids is 1. The molecule has 2 aromatic rings. The summed E-state index contributed by atoms with van der Waals surface area (Å²) in [6.45, 7) is 4.23. The lowest BCUT2D eigenvalue weighted by molar-refractivity contribution is -0.384.